The van der Waals surface area contributed by atoms with E-state index in [-0.39, 0.29) is 17.9 Å². The summed E-state index contributed by atoms with van der Waals surface area (Å²) in [5, 5.41) is 18.2. The maximum Gasteiger partial charge on any atom is 0.253 e. The van der Waals surface area contributed by atoms with Crippen molar-refractivity contribution in [1.29, 1.82) is 0 Å². The van der Waals surface area contributed by atoms with E-state index in [9.17, 15) is 9.59 Å². The van der Waals surface area contributed by atoms with Crippen LogP contribution in [0.3, 0.4) is 0 Å². The van der Waals surface area contributed by atoms with E-state index in [1.807, 2.05) is 27.9 Å². The van der Waals surface area contributed by atoms with Crippen molar-refractivity contribution < 1.29 is 9.59 Å². The number of hydrogen-bond acceptors (Lipinski definition) is 7. The van der Waals surface area contributed by atoms with Gasteiger partial charge in [-0.2, -0.15) is 14.6 Å². The maximum absolute atomic E-state index is 13.2. The maximum atomic E-state index is 13.2. The predicted octanol–water partition coefficient (Wildman–Crippen LogP) is 3.95. The average molecular weight is 540 g/mol. The van der Waals surface area contributed by atoms with Gasteiger partial charge in [0.2, 0.25) is 11.9 Å². The largest absolute Gasteiger partial charge is 0.356 e. The first-order chi connectivity index (χ1) is 19.6. The average Bonchev–Trinajstić information content (AvgIpc) is 3.67. The number of hydrogen-bond donors (Lipinski definition) is 3. The number of carbonyl (C=O) groups excluding carboxylic acids is 2. The fourth-order valence-electron chi connectivity index (χ4n) is 5.56. The molecule has 2 fully saturated rings. The molecular weight excluding hydrogens is 506 g/mol. The summed E-state index contributed by atoms with van der Waals surface area (Å²) >= 11 is 0. The Balaban J connectivity index is 1.19. The van der Waals surface area contributed by atoms with Crippen molar-refractivity contribution in [2.45, 2.75) is 38.1 Å². The van der Waals surface area contributed by atoms with Crippen LogP contribution in [0.2, 0.25) is 0 Å². The highest BCUT2D eigenvalue weighted by atomic mass is 16.2. The zero-order valence-electron chi connectivity index (χ0n) is 22.3. The molecule has 2 aliphatic rings. The zero-order chi connectivity index (χ0) is 27.5. The lowest BCUT2D eigenvalue weighted by Gasteiger charge is -2.33. The lowest BCUT2D eigenvalue weighted by atomic mass is 10.0. The van der Waals surface area contributed by atoms with E-state index in [2.05, 4.69) is 38.4 Å². The number of H-pyrrole nitrogens is 1. The van der Waals surface area contributed by atoms with Gasteiger partial charge in [-0.3, -0.25) is 14.7 Å². The molecule has 2 saturated heterocycles. The summed E-state index contributed by atoms with van der Waals surface area (Å²) in [5.41, 5.74) is 4.08. The molecular formula is C29H33N9O2. The molecule has 3 aromatic heterocycles. The normalized spacial score (nSPS) is 17.6. The van der Waals surface area contributed by atoms with Gasteiger partial charge in [-0.25, -0.2) is 0 Å². The summed E-state index contributed by atoms with van der Waals surface area (Å²) in [7, 11) is 0. The number of pyridine rings is 1. The number of aromatic amines is 1. The van der Waals surface area contributed by atoms with Crippen LogP contribution >= 0.6 is 0 Å². The Kier molecular flexibility index (Phi) is 7.17. The number of rotatable bonds is 7. The number of fused-ring (bicyclic) bond motifs is 1. The molecule has 11 heteroatoms. The van der Waals surface area contributed by atoms with Crippen molar-refractivity contribution in [2.75, 3.05) is 41.7 Å². The Bertz CT molecular complexity index is 1500. The number of aromatic nitrogens is 5. The molecule has 40 heavy (non-hydrogen) atoms. The standard InChI is InChI=1S/C29H33N9O2/c1-2-26(39)32-22-10-8-20(9-11-22)28(40)37-16-6-7-23(19-37)33-29-34-25-13-12-24(21-17-30-31-18-21)27(38(25)35-29)36-14-4-3-5-15-36/h2,8-13,17-18,23H,1,3-7,14-16,19H2,(H,30,31)(H,32,39)(H,33,35)/t23-/m1/s1. The molecule has 5 heterocycles. The van der Waals surface area contributed by atoms with Crippen LogP contribution in [0.1, 0.15) is 42.5 Å². The van der Waals surface area contributed by atoms with Crippen LogP contribution in [-0.2, 0) is 4.79 Å². The molecule has 3 N–H and O–H groups in total. The molecule has 206 valence electrons. The Labute approximate surface area is 232 Å². The molecule has 2 amide bonds. The van der Waals surface area contributed by atoms with Gasteiger partial charge in [-0.05, 0) is 74.6 Å². The van der Waals surface area contributed by atoms with Gasteiger partial charge in [0.15, 0.2) is 5.65 Å². The van der Waals surface area contributed by atoms with Gasteiger partial charge >= 0.3 is 0 Å². The summed E-state index contributed by atoms with van der Waals surface area (Å²) in [6.45, 7) is 6.67. The van der Waals surface area contributed by atoms with E-state index in [4.69, 9.17) is 10.1 Å². The fourth-order valence-corrected chi connectivity index (χ4v) is 5.56. The second kappa shape index (κ2) is 11.2. The molecule has 0 radical (unpaired) electrons. The van der Waals surface area contributed by atoms with Crippen molar-refractivity contribution in [2.24, 2.45) is 0 Å². The third-order valence-corrected chi connectivity index (χ3v) is 7.56. The van der Waals surface area contributed by atoms with Crippen molar-refractivity contribution in [3.63, 3.8) is 0 Å². The Morgan fingerprint density at radius 3 is 2.60 bits per heavy atom. The SMILES string of the molecule is C=CC(=O)Nc1ccc(C(=O)N2CCC[C@@H](Nc3nc4ccc(-c5cn[nH]c5)c(N5CCCCC5)n4n3)C2)cc1. The van der Waals surface area contributed by atoms with Gasteiger partial charge in [0.05, 0.1) is 6.20 Å². The first-order valence-electron chi connectivity index (χ1n) is 13.8. The van der Waals surface area contributed by atoms with Gasteiger partial charge in [0, 0.05) is 60.8 Å². The van der Waals surface area contributed by atoms with Crippen LogP contribution < -0.4 is 15.5 Å². The van der Waals surface area contributed by atoms with Crippen molar-refractivity contribution in [3.8, 4) is 11.1 Å². The topological polar surface area (TPSA) is 124 Å². The Hall–Kier alpha value is -4.67. The van der Waals surface area contributed by atoms with E-state index in [1.54, 1.807) is 24.3 Å². The van der Waals surface area contributed by atoms with Crippen molar-refractivity contribution in [3.05, 3.63) is 67.0 Å². The van der Waals surface area contributed by atoms with Crippen LogP contribution in [0.15, 0.2) is 61.4 Å². The zero-order valence-corrected chi connectivity index (χ0v) is 22.3. The van der Waals surface area contributed by atoms with Gasteiger partial charge in [-0.1, -0.05) is 6.58 Å². The van der Waals surface area contributed by atoms with Gasteiger partial charge in [0.25, 0.3) is 5.91 Å². The van der Waals surface area contributed by atoms with Crippen LogP contribution in [0.25, 0.3) is 16.8 Å². The van der Waals surface area contributed by atoms with Gasteiger partial charge in [0.1, 0.15) is 5.82 Å². The number of nitrogens with zero attached hydrogens (tertiary/aromatic N) is 6. The van der Waals surface area contributed by atoms with E-state index in [0.717, 1.165) is 61.4 Å². The summed E-state index contributed by atoms with van der Waals surface area (Å²) in [6.07, 6.45) is 10.3. The predicted molar refractivity (Wildman–Crippen MR) is 154 cm³/mol. The number of carbonyl (C=O) groups is 2. The fraction of sp³-hybridized carbons (Fsp3) is 0.345. The lowest BCUT2D eigenvalue weighted by molar-refractivity contribution is -0.111. The minimum Gasteiger partial charge on any atom is -0.356 e. The highest BCUT2D eigenvalue weighted by molar-refractivity contribution is 5.99. The summed E-state index contributed by atoms with van der Waals surface area (Å²) in [4.78, 5) is 33.8. The van der Waals surface area contributed by atoms with E-state index in [0.29, 0.717) is 30.3 Å². The Morgan fingerprint density at radius 1 is 1.02 bits per heavy atom. The highest BCUT2D eigenvalue weighted by Crippen LogP contribution is 2.33. The first kappa shape index (κ1) is 25.6. The van der Waals surface area contributed by atoms with Crippen molar-refractivity contribution >= 4 is 34.9 Å². The molecule has 0 aliphatic carbocycles. The quantitative estimate of drug-likeness (QED) is 0.304. The van der Waals surface area contributed by atoms with Crippen LogP contribution in [0, 0.1) is 0 Å². The molecule has 2 aliphatic heterocycles. The number of piperidine rings is 2. The van der Waals surface area contributed by atoms with Crippen LogP contribution in [0.4, 0.5) is 17.5 Å². The molecule has 1 aromatic carbocycles. The van der Waals surface area contributed by atoms with Crippen molar-refractivity contribution in [1.82, 2.24) is 29.7 Å². The van der Waals surface area contributed by atoms with Gasteiger partial charge < -0.3 is 20.4 Å². The second-order valence-electron chi connectivity index (χ2n) is 10.3. The number of anilines is 3. The monoisotopic (exact) mass is 539 g/mol. The van der Waals surface area contributed by atoms with E-state index in [1.165, 1.54) is 12.5 Å². The summed E-state index contributed by atoms with van der Waals surface area (Å²) in [6, 6.07) is 11.1. The van der Waals surface area contributed by atoms with E-state index < -0.39 is 0 Å². The van der Waals surface area contributed by atoms with Crippen LogP contribution in [-0.4, -0.2) is 73.7 Å². The number of likely N-dealkylation sites (tertiary alicyclic amines) is 1. The lowest BCUT2D eigenvalue weighted by Crippen LogP contribution is -2.45. The molecule has 0 bridgehead atoms. The number of benzene rings is 1. The number of amides is 2. The molecule has 11 nitrogen and oxygen atoms in total. The smallest absolute Gasteiger partial charge is 0.253 e. The first-order valence-corrected chi connectivity index (χ1v) is 13.8. The molecule has 1 atom stereocenters. The highest BCUT2D eigenvalue weighted by Gasteiger charge is 2.26. The third kappa shape index (κ3) is 5.27. The third-order valence-electron chi connectivity index (χ3n) is 7.56. The van der Waals surface area contributed by atoms with Gasteiger partial charge in [-0.15, -0.1) is 5.10 Å². The van der Waals surface area contributed by atoms with E-state index >= 15 is 0 Å². The minimum absolute atomic E-state index is 0.0341. The molecule has 0 unspecified atom stereocenters. The minimum atomic E-state index is -0.287. The second-order valence-corrected chi connectivity index (χ2v) is 10.3. The summed E-state index contributed by atoms with van der Waals surface area (Å²) < 4.78 is 1.94. The molecule has 4 aromatic rings. The Morgan fingerprint density at radius 2 is 1.85 bits per heavy atom. The molecule has 6 rings (SSSR count). The van der Waals surface area contributed by atoms with Crippen LogP contribution in [0.5, 0.6) is 0 Å². The molecule has 0 saturated carbocycles. The molecule has 0 spiro atoms. The summed E-state index contributed by atoms with van der Waals surface area (Å²) in [5.74, 6) is 1.27. The number of nitrogens with one attached hydrogen (secondary N) is 3.